The number of nitrogens with zero attached hydrogens (tertiary/aromatic N) is 1. The van der Waals surface area contributed by atoms with Crippen molar-refractivity contribution in [3.63, 3.8) is 0 Å². The standard InChI is InChI=1S/C27H25NO3/c1-18-15-19(2)17-22(16-18)28-25(21-11-7-4-8-12-21)24(26(30)27(28)31)23(29)14-13-20-9-5-3-6-10-20/h3-12,15-17,25,30H,13-14H2,1-2H3. The minimum absolute atomic E-state index is 0.172. The molecule has 4 heteroatoms. The van der Waals surface area contributed by atoms with Crippen LogP contribution in [0, 0.1) is 13.8 Å². The maximum absolute atomic E-state index is 13.3. The second kappa shape index (κ2) is 8.60. The molecular formula is C27H25NO3. The van der Waals surface area contributed by atoms with Gasteiger partial charge >= 0.3 is 0 Å². The van der Waals surface area contributed by atoms with Gasteiger partial charge in [0.05, 0.1) is 11.6 Å². The molecule has 1 unspecified atom stereocenters. The molecule has 1 aliphatic rings. The summed E-state index contributed by atoms with van der Waals surface area (Å²) in [4.78, 5) is 28.0. The number of ketones is 1. The number of aliphatic hydroxyl groups excluding tert-OH is 1. The van der Waals surface area contributed by atoms with Crippen molar-refractivity contribution in [3.05, 3.63) is 112 Å². The van der Waals surface area contributed by atoms with Gasteiger partial charge in [-0.1, -0.05) is 66.7 Å². The number of aliphatic hydroxyl groups is 1. The number of carbonyl (C=O) groups is 2. The average Bonchev–Trinajstić information content (AvgIpc) is 3.03. The number of amides is 1. The summed E-state index contributed by atoms with van der Waals surface area (Å²) in [6.07, 6.45) is 0.774. The highest BCUT2D eigenvalue weighted by molar-refractivity contribution is 6.16. The third-order valence-electron chi connectivity index (χ3n) is 5.59. The first-order valence-corrected chi connectivity index (χ1v) is 10.4. The lowest BCUT2D eigenvalue weighted by Crippen LogP contribution is -2.31. The van der Waals surface area contributed by atoms with Gasteiger partial charge in [-0.05, 0) is 54.7 Å². The molecule has 4 nitrogen and oxygen atoms in total. The normalized spacial score (nSPS) is 16.1. The summed E-state index contributed by atoms with van der Waals surface area (Å²) in [5.74, 6) is -1.21. The summed E-state index contributed by atoms with van der Waals surface area (Å²) in [6, 6.07) is 24.3. The predicted molar refractivity (Wildman–Crippen MR) is 122 cm³/mol. The third kappa shape index (κ3) is 4.15. The lowest BCUT2D eigenvalue weighted by molar-refractivity contribution is -0.118. The number of aryl methyl sites for hydroxylation is 3. The van der Waals surface area contributed by atoms with E-state index in [2.05, 4.69) is 0 Å². The molecule has 1 amide bonds. The highest BCUT2D eigenvalue weighted by atomic mass is 16.3. The van der Waals surface area contributed by atoms with Crippen LogP contribution in [0.2, 0.25) is 0 Å². The first kappa shape index (κ1) is 20.6. The number of Topliss-reactive ketones (excluding diaryl/α,β-unsaturated/α-hetero) is 1. The molecule has 0 saturated carbocycles. The number of rotatable bonds is 6. The zero-order valence-corrected chi connectivity index (χ0v) is 17.7. The lowest BCUT2D eigenvalue weighted by Gasteiger charge is -2.27. The number of carbonyl (C=O) groups excluding carboxylic acids is 2. The van der Waals surface area contributed by atoms with Crippen molar-refractivity contribution in [1.29, 1.82) is 0 Å². The van der Waals surface area contributed by atoms with Crippen molar-refractivity contribution in [2.45, 2.75) is 32.7 Å². The van der Waals surface area contributed by atoms with Crippen LogP contribution in [0.25, 0.3) is 0 Å². The van der Waals surface area contributed by atoms with E-state index in [4.69, 9.17) is 0 Å². The predicted octanol–water partition coefficient (Wildman–Crippen LogP) is 5.41. The average molecular weight is 412 g/mol. The molecule has 1 atom stereocenters. The molecule has 0 bridgehead atoms. The number of hydrogen-bond acceptors (Lipinski definition) is 3. The molecule has 156 valence electrons. The third-order valence-corrected chi connectivity index (χ3v) is 5.59. The van der Waals surface area contributed by atoms with Crippen molar-refractivity contribution in [2.75, 3.05) is 4.90 Å². The Balaban J connectivity index is 1.74. The van der Waals surface area contributed by atoms with Crippen LogP contribution in [0.5, 0.6) is 0 Å². The van der Waals surface area contributed by atoms with Gasteiger partial charge in [-0.25, -0.2) is 0 Å². The number of hydrogen-bond donors (Lipinski definition) is 1. The van der Waals surface area contributed by atoms with Gasteiger partial charge in [-0.2, -0.15) is 0 Å². The molecule has 3 aromatic carbocycles. The van der Waals surface area contributed by atoms with Crippen LogP contribution in [-0.2, 0) is 16.0 Å². The fourth-order valence-corrected chi connectivity index (χ4v) is 4.23. The van der Waals surface area contributed by atoms with E-state index in [0.717, 1.165) is 22.3 Å². The van der Waals surface area contributed by atoms with Crippen LogP contribution in [0.1, 0.15) is 34.7 Å². The van der Waals surface area contributed by atoms with Crippen LogP contribution in [0.3, 0.4) is 0 Å². The fourth-order valence-electron chi connectivity index (χ4n) is 4.23. The van der Waals surface area contributed by atoms with E-state index in [1.165, 1.54) is 0 Å². The van der Waals surface area contributed by atoms with Gasteiger partial charge in [0, 0.05) is 12.1 Å². The quantitative estimate of drug-likeness (QED) is 0.590. The molecule has 3 aromatic rings. The van der Waals surface area contributed by atoms with Crippen molar-refractivity contribution in [1.82, 2.24) is 0 Å². The molecule has 4 rings (SSSR count). The summed E-state index contributed by atoms with van der Waals surface area (Å²) >= 11 is 0. The minimum Gasteiger partial charge on any atom is -0.503 e. The topological polar surface area (TPSA) is 57.6 Å². The summed E-state index contributed by atoms with van der Waals surface area (Å²) in [7, 11) is 0. The minimum atomic E-state index is -0.654. The van der Waals surface area contributed by atoms with Crippen LogP contribution in [-0.4, -0.2) is 16.8 Å². The number of benzene rings is 3. The van der Waals surface area contributed by atoms with E-state index < -0.39 is 17.7 Å². The molecule has 0 fully saturated rings. The maximum atomic E-state index is 13.3. The van der Waals surface area contributed by atoms with E-state index in [9.17, 15) is 14.7 Å². The Morgan fingerprint density at radius 2 is 1.48 bits per heavy atom. The molecule has 1 heterocycles. The second-order valence-electron chi connectivity index (χ2n) is 8.01. The highest BCUT2D eigenvalue weighted by Gasteiger charge is 2.44. The summed E-state index contributed by atoms with van der Waals surface area (Å²) in [5.41, 5.74) is 4.71. The van der Waals surface area contributed by atoms with Crippen molar-refractivity contribution in [2.24, 2.45) is 0 Å². The Morgan fingerprint density at radius 3 is 2.10 bits per heavy atom. The highest BCUT2D eigenvalue weighted by Crippen LogP contribution is 2.41. The molecule has 0 aliphatic carbocycles. The van der Waals surface area contributed by atoms with E-state index in [1.54, 1.807) is 4.90 Å². The molecule has 1 aliphatic heterocycles. The molecule has 31 heavy (non-hydrogen) atoms. The zero-order valence-electron chi connectivity index (χ0n) is 17.7. The molecule has 1 N–H and O–H groups in total. The monoisotopic (exact) mass is 411 g/mol. The van der Waals surface area contributed by atoms with E-state index in [0.29, 0.717) is 12.1 Å². The molecule has 0 spiro atoms. The molecule has 0 aromatic heterocycles. The van der Waals surface area contributed by atoms with Crippen LogP contribution < -0.4 is 4.90 Å². The zero-order chi connectivity index (χ0) is 22.0. The summed E-state index contributed by atoms with van der Waals surface area (Å²) in [6.45, 7) is 3.93. The van der Waals surface area contributed by atoms with Gasteiger partial charge in [0.15, 0.2) is 11.5 Å². The number of anilines is 1. The second-order valence-corrected chi connectivity index (χ2v) is 8.01. The van der Waals surface area contributed by atoms with E-state index in [1.807, 2.05) is 92.7 Å². The van der Waals surface area contributed by atoms with E-state index in [-0.39, 0.29) is 17.8 Å². The van der Waals surface area contributed by atoms with Crippen molar-refractivity contribution >= 4 is 17.4 Å². The maximum Gasteiger partial charge on any atom is 0.294 e. The Kier molecular flexibility index (Phi) is 5.72. The lowest BCUT2D eigenvalue weighted by atomic mass is 9.93. The molecular weight excluding hydrogens is 386 g/mol. The first-order valence-electron chi connectivity index (χ1n) is 10.4. The van der Waals surface area contributed by atoms with Crippen LogP contribution >= 0.6 is 0 Å². The van der Waals surface area contributed by atoms with Gasteiger partial charge in [0.2, 0.25) is 0 Å². The van der Waals surface area contributed by atoms with Crippen molar-refractivity contribution in [3.8, 4) is 0 Å². The molecule has 0 radical (unpaired) electrons. The van der Waals surface area contributed by atoms with E-state index >= 15 is 0 Å². The Labute approximate surface area is 182 Å². The van der Waals surface area contributed by atoms with Gasteiger partial charge in [-0.3, -0.25) is 14.5 Å². The Bertz CT molecular complexity index is 1130. The van der Waals surface area contributed by atoms with Crippen LogP contribution in [0.15, 0.2) is 90.2 Å². The SMILES string of the molecule is Cc1cc(C)cc(N2C(=O)C(O)=C(C(=O)CCc3ccccc3)C2c2ccccc2)c1. The smallest absolute Gasteiger partial charge is 0.294 e. The Morgan fingerprint density at radius 1 is 0.903 bits per heavy atom. The van der Waals surface area contributed by atoms with Crippen LogP contribution in [0.4, 0.5) is 5.69 Å². The Hall–Kier alpha value is -3.66. The van der Waals surface area contributed by atoms with Gasteiger partial charge < -0.3 is 5.11 Å². The fraction of sp³-hybridized carbons (Fsp3) is 0.185. The summed E-state index contributed by atoms with van der Waals surface area (Å²) in [5, 5.41) is 10.8. The van der Waals surface area contributed by atoms with Gasteiger partial charge in [0.1, 0.15) is 0 Å². The van der Waals surface area contributed by atoms with Gasteiger partial charge in [-0.15, -0.1) is 0 Å². The summed E-state index contributed by atoms with van der Waals surface area (Å²) < 4.78 is 0. The van der Waals surface area contributed by atoms with Gasteiger partial charge in [0.25, 0.3) is 5.91 Å². The molecule has 0 saturated heterocycles. The van der Waals surface area contributed by atoms with Crippen molar-refractivity contribution < 1.29 is 14.7 Å². The largest absolute Gasteiger partial charge is 0.503 e. The first-order chi connectivity index (χ1) is 15.0.